The van der Waals surface area contributed by atoms with E-state index in [2.05, 4.69) is 5.32 Å². The van der Waals surface area contributed by atoms with E-state index in [1.54, 1.807) is 12.1 Å². The molecule has 5 heteroatoms. The zero-order chi connectivity index (χ0) is 12.1. The molecule has 0 spiro atoms. The van der Waals surface area contributed by atoms with Crippen LogP contribution in [0.15, 0.2) is 18.2 Å². The smallest absolute Gasteiger partial charge is 0.253 e. The van der Waals surface area contributed by atoms with Crippen molar-refractivity contribution in [1.82, 2.24) is 5.32 Å². The van der Waals surface area contributed by atoms with Crippen LogP contribution in [0.1, 0.15) is 23.7 Å². The van der Waals surface area contributed by atoms with Gasteiger partial charge < -0.3 is 10.4 Å². The molecule has 0 unspecified atom stereocenters. The number of aliphatic hydroxyl groups excluding tert-OH is 1. The zero-order valence-electron chi connectivity index (χ0n) is 8.84. The minimum atomic E-state index is -0.303. The van der Waals surface area contributed by atoms with Crippen molar-refractivity contribution in [1.29, 1.82) is 0 Å². The number of amides is 1. The Kier molecular flexibility index (Phi) is 5.06. The molecule has 1 aromatic carbocycles. The highest BCUT2D eigenvalue weighted by molar-refractivity contribution is 6.36. The second-order valence-electron chi connectivity index (χ2n) is 3.39. The van der Waals surface area contributed by atoms with Gasteiger partial charge in [0.25, 0.3) is 5.91 Å². The molecule has 2 N–H and O–H groups in total. The number of carbonyl (C=O) groups excluding carboxylic acids is 1. The Morgan fingerprint density at radius 2 is 2.19 bits per heavy atom. The van der Waals surface area contributed by atoms with E-state index in [1.807, 2.05) is 6.92 Å². The highest BCUT2D eigenvalue weighted by Crippen LogP contribution is 2.20. The molecule has 0 saturated carbocycles. The molecular weight excluding hydrogens is 249 g/mol. The third-order valence-electron chi connectivity index (χ3n) is 2.22. The molecular formula is C11H13Cl2NO2. The van der Waals surface area contributed by atoms with Crippen molar-refractivity contribution in [2.75, 3.05) is 6.61 Å². The van der Waals surface area contributed by atoms with E-state index in [1.165, 1.54) is 6.07 Å². The molecule has 0 aliphatic rings. The number of halogens is 2. The third-order valence-corrected chi connectivity index (χ3v) is 2.77. The van der Waals surface area contributed by atoms with Crippen molar-refractivity contribution in [3.05, 3.63) is 33.8 Å². The topological polar surface area (TPSA) is 49.3 Å². The molecule has 88 valence electrons. The second kappa shape index (κ2) is 6.09. The summed E-state index contributed by atoms with van der Waals surface area (Å²) in [7, 11) is 0. The number of carbonyl (C=O) groups is 1. The predicted octanol–water partition coefficient (Wildman–Crippen LogP) is 2.49. The lowest BCUT2D eigenvalue weighted by atomic mass is 10.2. The van der Waals surface area contributed by atoms with Gasteiger partial charge in [-0.05, 0) is 24.6 Å². The van der Waals surface area contributed by atoms with Crippen LogP contribution in [-0.4, -0.2) is 23.7 Å². The maximum absolute atomic E-state index is 11.8. The summed E-state index contributed by atoms with van der Waals surface area (Å²) in [5.41, 5.74) is 0.359. The van der Waals surface area contributed by atoms with Gasteiger partial charge in [-0.2, -0.15) is 0 Å². The van der Waals surface area contributed by atoms with Gasteiger partial charge in [0.2, 0.25) is 0 Å². The number of hydrogen-bond acceptors (Lipinski definition) is 2. The van der Waals surface area contributed by atoms with Crippen molar-refractivity contribution >= 4 is 29.1 Å². The van der Waals surface area contributed by atoms with E-state index in [0.717, 1.165) is 0 Å². The molecule has 0 aliphatic heterocycles. The van der Waals surface area contributed by atoms with Crippen molar-refractivity contribution in [2.45, 2.75) is 19.4 Å². The minimum Gasteiger partial charge on any atom is -0.394 e. The van der Waals surface area contributed by atoms with E-state index in [-0.39, 0.29) is 18.6 Å². The maximum atomic E-state index is 11.8. The normalized spacial score (nSPS) is 12.2. The minimum absolute atomic E-state index is 0.0898. The zero-order valence-corrected chi connectivity index (χ0v) is 10.3. The predicted molar refractivity (Wildman–Crippen MR) is 65.1 cm³/mol. The van der Waals surface area contributed by atoms with Crippen LogP contribution in [0.3, 0.4) is 0 Å². The molecule has 0 radical (unpaired) electrons. The van der Waals surface area contributed by atoms with E-state index < -0.39 is 0 Å². The van der Waals surface area contributed by atoms with Crippen LogP contribution in [-0.2, 0) is 0 Å². The van der Waals surface area contributed by atoms with Gasteiger partial charge in [-0.15, -0.1) is 0 Å². The van der Waals surface area contributed by atoms with Crippen LogP contribution in [0.25, 0.3) is 0 Å². The first-order chi connectivity index (χ1) is 7.58. The summed E-state index contributed by atoms with van der Waals surface area (Å²) < 4.78 is 0. The van der Waals surface area contributed by atoms with Gasteiger partial charge >= 0.3 is 0 Å². The van der Waals surface area contributed by atoms with Gasteiger partial charge in [-0.25, -0.2) is 0 Å². The van der Waals surface area contributed by atoms with Crippen LogP contribution >= 0.6 is 23.2 Å². The number of rotatable bonds is 4. The van der Waals surface area contributed by atoms with Gasteiger partial charge in [0, 0.05) is 5.02 Å². The van der Waals surface area contributed by atoms with Crippen molar-refractivity contribution in [3.63, 3.8) is 0 Å². The van der Waals surface area contributed by atoms with E-state index >= 15 is 0 Å². The fourth-order valence-corrected chi connectivity index (χ4v) is 1.71. The summed E-state index contributed by atoms with van der Waals surface area (Å²) in [4.78, 5) is 11.8. The van der Waals surface area contributed by atoms with Crippen LogP contribution < -0.4 is 5.32 Å². The molecule has 0 fully saturated rings. The quantitative estimate of drug-likeness (QED) is 0.875. The number of nitrogens with one attached hydrogen (secondary N) is 1. The Labute approximate surface area is 104 Å². The Balaban J connectivity index is 2.80. The fraction of sp³-hybridized carbons (Fsp3) is 0.364. The Morgan fingerprint density at radius 1 is 1.50 bits per heavy atom. The first kappa shape index (κ1) is 13.3. The largest absolute Gasteiger partial charge is 0.394 e. The lowest BCUT2D eigenvalue weighted by molar-refractivity contribution is 0.0915. The fourth-order valence-electron chi connectivity index (χ4n) is 1.21. The van der Waals surface area contributed by atoms with Gasteiger partial charge in [0.05, 0.1) is 23.2 Å². The van der Waals surface area contributed by atoms with E-state index in [4.69, 9.17) is 28.3 Å². The second-order valence-corrected chi connectivity index (χ2v) is 4.23. The molecule has 16 heavy (non-hydrogen) atoms. The molecule has 0 heterocycles. The van der Waals surface area contributed by atoms with Gasteiger partial charge in [0.15, 0.2) is 0 Å². The average Bonchev–Trinajstić information content (AvgIpc) is 2.25. The molecule has 0 aromatic heterocycles. The highest BCUT2D eigenvalue weighted by atomic mass is 35.5. The molecule has 1 aromatic rings. The standard InChI is InChI=1S/C11H13Cl2NO2/c1-2-8(6-15)14-11(16)9-4-3-7(12)5-10(9)13/h3-5,8,15H,2,6H2,1H3,(H,14,16)/t8-/m1/s1. The SMILES string of the molecule is CC[C@H](CO)NC(=O)c1ccc(Cl)cc1Cl. The molecule has 1 atom stereocenters. The van der Waals surface area contributed by atoms with E-state index in [9.17, 15) is 4.79 Å². The number of benzene rings is 1. The monoisotopic (exact) mass is 261 g/mol. The Hall–Kier alpha value is -0.770. The summed E-state index contributed by atoms with van der Waals surface area (Å²) in [6.07, 6.45) is 0.660. The Morgan fingerprint density at radius 3 is 2.69 bits per heavy atom. The third kappa shape index (κ3) is 3.37. The highest BCUT2D eigenvalue weighted by Gasteiger charge is 2.14. The van der Waals surface area contributed by atoms with Gasteiger partial charge in [-0.3, -0.25) is 4.79 Å². The molecule has 1 rings (SSSR count). The summed E-state index contributed by atoms with van der Waals surface area (Å²) in [5.74, 6) is -0.303. The molecule has 1 amide bonds. The van der Waals surface area contributed by atoms with Crippen LogP contribution in [0, 0.1) is 0 Å². The van der Waals surface area contributed by atoms with Crippen LogP contribution in [0.5, 0.6) is 0 Å². The van der Waals surface area contributed by atoms with Gasteiger partial charge in [0.1, 0.15) is 0 Å². The maximum Gasteiger partial charge on any atom is 0.253 e. The molecule has 0 saturated heterocycles. The lowest BCUT2D eigenvalue weighted by Crippen LogP contribution is -2.37. The molecule has 0 bridgehead atoms. The van der Waals surface area contributed by atoms with Crippen molar-refractivity contribution < 1.29 is 9.90 Å². The number of aliphatic hydroxyl groups is 1. The van der Waals surface area contributed by atoms with Crippen molar-refractivity contribution in [2.24, 2.45) is 0 Å². The number of hydrogen-bond donors (Lipinski definition) is 2. The first-order valence-electron chi connectivity index (χ1n) is 4.95. The summed E-state index contributed by atoms with van der Waals surface area (Å²) in [5, 5.41) is 12.4. The molecule has 0 aliphatic carbocycles. The molecule has 3 nitrogen and oxygen atoms in total. The van der Waals surface area contributed by atoms with E-state index in [0.29, 0.717) is 22.0 Å². The van der Waals surface area contributed by atoms with Crippen molar-refractivity contribution in [3.8, 4) is 0 Å². The van der Waals surface area contributed by atoms with Gasteiger partial charge in [-0.1, -0.05) is 30.1 Å². The average molecular weight is 262 g/mol. The van der Waals surface area contributed by atoms with Crippen LogP contribution in [0.4, 0.5) is 0 Å². The first-order valence-corrected chi connectivity index (χ1v) is 5.70. The summed E-state index contributed by atoms with van der Waals surface area (Å²) in [6.45, 7) is 1.79. The summed E-state index contributed by atoms with van der Waals surface area (Å²) >= 11 is 11.6. The Bertz CT molecular complexity index is 378. The lowest BCUT2D eigenvalue weighted by Gasteiger charge is -2.14. The summed E-state index contributed by atoms with van der Waals surface area (Å²) in [6, 6.07) is 4.42. The van der Waals surface area contributed by atoms with Crippen LogP contribution in [0.2, 0.25) is 10.0 Å².